The highest BCUT2D eigenvalue weighted by atomic mass is 16.6. The summed E-state index contributed by atoms with van der Waals surface area (Å²) in [4.78, 5) is 47.5. The second-order valence-electron chi connectivity index (χ2n) is 14.1. The normalized spacial score (nSPS) is 28.6. The minimum absolute atomic E-state index is 0.0331. The zero-order valence-electron chi connectivity index (χ0n) is 27.3. The number of fused-ring (bicyclic) bond motifs is 5. The summed E-state index contributed by atoms with van der Waals surface area (Å²) in [7, 11) is 0. The Bertz CT molecular complexity index is 1060. The number of ether oxygens (including phenoxy) is 4. The molecule has 44 heavy (non-hydrogen) atoms. The molecule has 0 radical (unpaired) electrons. The third-order valence-corrected chi connectivity index (χ3v) is 9.63. The molecule has 0 aromatic heterocycles. The minimum atomic E-state index is -0.397. The average Bonchev–Trinajstić information content (AvgIpc) is 3.22. The first-order valence-electron chi connectivity index (χ1n) is 16.3. The van der Waals surface area contributed by atoms with Crippen LogP contribution in [0.4, 0.5) is 9.59 Å². The first-order chi connectivity index (χ1) is 20.8. The van der Waals surface area contributed by atoms with E-state index >= 15 is 0 Å². The van der Waals surface area contributed by atoms with E-state index in [-0.39, 0.29) is 10.8 Å². The molecule has 0 spiro atoms. The van der Waals surface area contributed by atoms with E-state index in [0.717, 1.165) is 32.1 Å². The third kappa shape index (κ3) is 10.8. The van der Waals surface area contributed by atoms with Crippen LogP contribution in [0.2, 0.25) is 0 Å². The van der Waals surface area contributed by atoms with E-state index in [1.54, 1.807) is 13.8 Å². The molecule has 3 rings (SSSR count). The summed E-state index contributed by atoms with van der Waals surface area (Å²) in [6.07, 6.45) is 8.54. The van der Waals surface area contributed by atoms with Crippen LogP contribution < -0.4 is 10.6 Å². The van der Waals surface area contributed by atoms with Gasteiger partial charge in [0.2, 0.25) is 0 Å². The fourth-order valence-electron chi connectivity index (χ4n) is 7.45. The van der Waals surface area contributed by atoms with E-state index < -0.39 is 24.1 Å². The Morgan fingerprint density at radius 1 is 0.682 bits per heavy atom. The number of hydrogen-bond acceptors (Lipinski definition) is 8. The van der Waals surface area contributed by atoms with Gasteiger partial charge in [-0.2, -0.15) is 0 Å². The van der Waals surface area contributed by atoms with Crippen molar-refractivity contribution in [1.82, 2.24) is 10.6 Å². The van der Waals surface area contributed by atoms with Crippen molar-refractivity contribution in [2.45, 2.75) is 91.9 Å². The summed E-state index contributed by atoms with van der Waals surface area (Å²) in [5.41, 5.74) is 0.685. The maximum atomic E-state index is 12.4. The molecule has 0 saturated heterocycles. The van der Waals surface area contributed by atoms with Crippen LogP contribution in [-0.4, -0.2) is 63.6 Å². The van der Waals surface area contributed by atoms with Gasteiger partial charge < -0.3 is 29.6 Å². The molecule has 3 fully saturated rings. The summed E-state index contributed by atoms with van der Waals surface area (Å²) in [5.74, 6) is 1.78. The second-order valence-corrected chi connectivity index (χ2v) is 14.1. The minimum Gasteiger partial charge on any atom is -0.462 e. The van der Waals surface area contributed by atoms with E-state index in [4.69, 9.17) is 18.9 Å². The number of alkyl carbamates (subject to hydrolysis) is 2. The maximum Gasteiger partial charge on any atom is 0.407 e. The molecule has 3 aliphatic carbocycles. The van der Waals surface area contributed by atoms with Gasteiger partial charge in [0.05, 0.1) is 26.4 Å². The fraction of sp³-hybridized carbons (Fsp3) is 0.765. The Labute approximate surface area is 263 Å². The van der Waals surface area contributed by atoms with Gasteiger partial charge in [0.1, 0.15) is 0 Å². The first-order valence-corrected chi connectivity index (χ1v) is 16.3. The Balaban J connectivity index is 1.33. The van der Waals surface area contributed by atoms with Gasteiger partial charge in [-0.3, -0.25) is 0 Å². The van der Waals surface area contributed by atoms with Gasteiger partial charge >= 0.3 is 24.1 Å². The highest BCUT2D eigenvalue weighted by Gasteiger charge is 2.55. The molecule has 6 atom stereocenters. The van der Waals surface area contributed by atoms with Crippen LogP contribution in [0.1, 0.15) is 91.9 Å². The van der Waals surface area contributed by atoms with Crippen LogP contribution in [0.15, 0.2) is 24.3 Å². The van der Waals surface area contributed by atoms with Gasteiger partial charge in [0.25, 0.3) is 0 Å². The van der Waals surface area contributed by atoms with Crippen molar-refractivity contribution in [1.29, 1.82) is 0 Å². The number of amides is 2. The lowest BCUT2D eigenvalue weighted by molar-refractivity contribution is -0.139. The smallest absolute Gasteiger partial charge is 0.407 e. The molecular formula is C34H54N2O8. The highest BCUT2D eigenvalue weighted by molar-refractivity contribution is 5.87. The number of esters is 2. The van der Waals surface area contributed by atoms with E-state index in [9.17, 15) is 19.2 Å². The first kappa shape index (κ1) is 35.4. The Hall–Kier alpha value is -3.04. The molecule has 2 amide bonds. The van der Waals surface area contributed by atoms with Crippen LogP contribution in [0, 0.1) is 34.5 Å². The molecule has 10 heteroatoms. The van der Waals surface area contributed by atoms with Crippen molar-refractivity contribution in [3.8, 4) is 0 Å². The summed E-state index contributed by atoms with van der Waals surface area (Å²) in [6, 6.07) is 0. The number of hydrogen-bond donors (Lipinski definition) is 2. The molecule has 0 heterocycles. The van der Waals surface area contributed by atoms with Crippen molar-refractivity contribution in [2.75, 3.05) is 39.5 Å². The highest BCUT2D eigenvalue weighted by Crippen LogP contribution is 2.62. The van der Waals surface area contributed by atoms with Gasteiger partial charge in [0, 0.05) is 35.1 Å². The van der Waals surface area contributed by atoms with Crippen LogP contribution in [-0.2, 0) is 28.5 Å². The predicted octanol–water partition coefficient (Wildman–Crippen LogP) is 6.10. The Morgan fingerprint density at radius 3 is 1.66 bits per heavy atom. The number of carbonyl (C=O) groups is 4. The van der Waals surface area contributed by atoms with Gasteiger partial charge in [-0.15, -0.1) is 0 Å². The van der Waals surface area contributed by atoms with Crippen LogP contribution in [0.3, 0.4) is 0 Å². The zero-order chi connectivity index (χ0) is 32.3. The summed E-state index contributed by atoms with van der Waals surface area (Å²) in [6.45, 7) is 17.2. The SMILES string of the molecule is C=C(C)C(=O)OCCCCNC(=O)OCC1(C)CC2CC(C1)C1CC(C)(COC(=O)NCCCCOC(=O)C(=C)C)CCC21. The van der Waals surface area contributed by atoms with Crippen LogP contribution in [0.5, 0.6) is 0 Å². The van der Waals surface area contributed by atoms with Crippen LogP contribution >= 0.6 is 0 Å². The van der Waals surface area contributed by atoms with E-state index in [2.05, 4.69) is 37.6 Å². The van der Waals surface area contributed by atoms with Gasteiger partial charge in [-0.25, -0.2) is 19.2 Å². The lowest BCUT2D eigenvalue weighted by Gasteiger charge is -2.41. The van der Waals surface area contributed by atoms with E-state index in [0.29, 0.717) is 100 Å². The molecule has 2 bridgehead atoms. The second kappa shape index (κ2) is 16.3. The molecule has 0 aromatic rings. The quantitative estimate of drug-likeness (QED) is 0.0919. The lowest BCUT2D eigenvalue weighted by atomic mass is 9.65. The van der Waals surface area contributed by atoms with Crippen molar-refractivity contribution < 1.29 is 38.1 Å². The lowest BCUT2D eigenvalue weighted by Crippen LogP contribution is -2.38. The number of rotatable bonds is 16. The van der Waals surface area contributed by atoms with Gasteiger partial charge in [0.15, 0.2) is 0 Å². The molecule has 10 nitrogen and oxygen atoms in total. The Kier molecular flexibility index (Phi) is 13.1. The zero-order valence-corrected chi connectivity index (χ0v) is 27.3. The van der Waals surface area contributed by atoms with Gasteiger partial charge in [-0.05, 0) is 102 Å². The molecule has 2 N–H and O–H groups in total. The van der Waals surface area contributed by atoms with E-state index in [1.165, 1.54) is 6.42 Å². The third-order valence-electron chi connectivity index (χ3n) is 9.63. The predicted molar refractivity (Wildman–Crippen MR) is 167 cm³/mol. The summed E-state index contributed by atoms with van der Waals surface area (Å²) < 4.78 is 21.5. The van der Waals surface area contributed by atoms with E-state index in [1.807, 2.05) is 0 Å². The number of carbonyl (C=O) groups excluding carboxylic acids is 4. The average molecular weight is 619 g/mol. The van der Waals surface area contributed by atoms with Gasteiger partial charge in [-0.1, -0.05) is 27.0 Å². The molecule has 0 aliphatic heterocycles. The Morgan fingerprint density at radius 2 is 1.16 bits per heavy atom. The summed E-state index contributed by atoms with van der Waals surface area (Å²) in [5, 5.41) is 5.63. The fourth-order valence-corrected chi connectivity index (χ4v) is 7.45. The summed E-state index contributed by atoms with van der Waals surface area (Å²) >= 11 is 0. The topological polar surface area (TPSA) is 129 Å². The monoisotopic (exact) mass is 618 g/mol. The standard InChI is InChI=1S/C34H54N2O8/c1-23(2)29(37)41-15-9-7-13-35-31(39)43-21-33(5)12-11-27-25-17-26(28(27)20-33)19-34(6,18-25)22-44-32(40)36-14-8-10-16-42-30(38)24(3)4/h25-28H,1,3,7-22H2,2,4-6H3,(H,35,39)(H,36,40). The van der Waals surface area contributed by atoms with Crippen molar-refractivity contribution >= 4 is 24.1 Å². The van der Waals surface area contributed by atoms with Crippen LogP contribution in [0.25, 0.3) is 0 Å². The molecule has 0 aromatic carbocycles. The molecule has 6 unspecified atom stereocenters. The number of nitrogens with one attached hydrogen (secondary N) is 2. The molecule has 248 valence electrons. The molecular weight excluding hydrogens is 564 g/mol. The van der Waals surface area contributed by atoms with Crippen molar-refractivity contribution in [3.63, 3.8) is 0 Å². The number of unbranched alkanes of at least 4 members (excludes halogenated alkanes) is 2. The molecule has 3 saturated carbocycles. The van der Waals surface area contributed by atoms with Crippen molar-refractivity contribution in [2.24, 2.45) is 34.5 Å². The van der Waals surface area contributed by atoms with Crippen molar-refractivity contribution in [3.05, 3.63) is 24.3 Å². The largest absolute Gasteiger partial charge is 0.462 e. The maximum absolute atomic E-state index is 12.4. The molecule has 3 aliphatic rings.